The van der Waals surface area contributed by atoms with E-state index in [1.165, 1.54) is 13.8 Å². The third-order valence-electron chi connectivity index (χ3n) is 3.08. The summed E-state index contributed by atoms with van der Waals surface area (Å²) in [5, 5.41) is 0. The zero-order chi connectivity index (χ0) is 15.6. The highest BCUT2D eigenvalue weighted by atomic mass is 79.9. The number of ether oxygens (including phenoxy) is 2. The average molecular weight is 355 g/mol. The van der Waals surface area contributed by atoms with Gasteiger partial charge in [0, 0.05) is 24.7 Å². The molecule has 0 aromatic heterocycles. The summed E-state index contributed by atoms with van der Waals surface area (Å²) >= 11 is 3.39. The first-order valence-corrected chi connectivity index (χ1v) is 7.31. The van der Waals surface area contributed by atoms with Gasteiger partial charge in [-0.3, -0.25) is 14.4 Å². The van der Waals surface area contributed by atoms with Gasteiger partial charge in [-0.2, -0.15) is 0 Å². The summed E-state index contributed by atoms with van der Waals surface area (Å²) in [5.74, 6) is -4.95. The van der Waals surface area contributed by atoms with Crippen molar-refractivity contribution < 1.29 is 23.9 Å². The number of carbonyl (C=O) groups is 3. The van der Waals surface area contributed by atoms with Crippen molar-refractivity contribution in [2.75, 3.05) is 0 Å². The van der Waals surface area contributed by atoms with Crippen molar-refractivity contribution in [1.29, 1.82) is 0 Å². The summed E-state index contributed by atoms with van der Waals surface area (Å²) in [7, 11) is 0. The molecular weight excluding hydrogens is 340 g/mol. The van der Waals surface area contributed by atoms with E-state index in [0.717, 1.165) is 10.0 Å². The van der Waals surface area contributed by atoms with Crippen LogP contribution in [0.2, 0.25) is 0 Å². The van der Waals surface area contributed by atoms with Crippen LogP contribution in [0.5, 0.6) is 0 Å². The molecule has 0 spiro atoms. The number of cyclic esters (lactones) is 2. The SMILES string of the molecule is CC1(C)OC(=O)C(C(=O)CCc2ccccc2Br)C(=O)O1. The van der Waals surface area contributed by atoms with Crippen LogP contribution >= 0.6 is 15.9 Å². The minimum Gasteiger partial charge on any atom is -0.422 e. The number of rotatable bonds is 4. The molecule has 0 aliphatic carbocycles. The van der Waals surface area contributed by atoms with Gasteiger partial charge in [-0.15, -0.1) is 0 Å². The Morgan fingerprint density at radius 2 is 1.76 bits per heavy atom. The molecule has 1 saturated heterocycles. The molecule has 0 radical (unpaired) electrons. The third-order valence-corrected chi connectivity index (χ3v) is 3.86. The molecule has 1 aromatic rings. The number of benzene rings is 1. The lowest BCUT2D eigenvalue weighted by molar-refractivity contribution is -0.238. The van der Waals surface area contributed by atoms with Crippen molar-refractivity contribution in [3.63, 3.8) is 0 Å². The van der Waals surface area contributed by atoms with Gasteiger partial charge in [0.1, 0.15) is 0 Å². The van der Waals surface area contributed by atoms with Crippen molar-refractivity contribution in [2.45, 2.75) is 32.5 Å². The number of Topliss-reactive ketones (excluding diaryl/α,β-unsaturated/α-hetero) is 1. The van der Waals surface area contributed by atoms with Crippen molar-refractivity contribution in [3.8, 4) is 0 Å². The molecule has 0 atom stereocenters. The highest BCUT2D eigenvalue weighted by Crippen LogP contribution is 2.25. The van der Waals surface area contributed by atoms with Gasteiger partial charge in [0.05, 0.1) is 0 Å². The van der Waals surface area contributed by atoms with Gasteiger partial charge in [0.25, 0.3) is 5.79 Å². The zero-order valence-electron chi connectivity index (χ0n) is 11.7. The lowest BCUT2D eigenvalue weighted by atomic mass is 9.97. The van der Waals surface area contributed by atoms with Gasteiger partial charge >= 0.3 is 11.9 Å². The fraction of sp³-hybridized carbons (Fsp3) is 0.400. The monoisotopic (exact) mass is 354 g/mol. The molecule has 1 aromatic carbocycles. The number of halogens is 1. The molecule has 0 saturated carbocycles. The maximum Gasteiger partial charge on any atom is 0.331 e. The van der Waals surface area contributed by atoms with E-state index in [1.54, 1.807) is 0 Å². The summed E-state index contributed by atoms with van der Waals surface area (Å²) in [6, 6.07) is 7.47. The predicted octanol–water partition coefficient (Wildman–Crippen LogP) is 2.40. The van der Waals surface area contributed by atoms with Crippen LogP contribution in [0.25, 0.3) is 0 Å². The Labute approximate surface area is 130 Å². The number of esters is 2. The smallest absolute Gasteiger partial charge is 0.331 e. The van der Waals surface area contributed by atoms with Crippen molar-refractivity contribution in [1.82, 2.24) is 0 Å². The molecule has 112 valence electrons. The Kier molecular flexibility index (Phi) is 4.46. The van der Waals surface area contributed by atoms with E-state index in [-0.39, 0.29) is 6.42 Å². The quantitative estimate of drug-likeness (QED) is 0.613. The number of hydrogen-bond donors (Lipinski definition) is 0. The minimum absolute atomic E-state index is 0.0674. The molecule has 1 aliphatic rings. The van der Waals surface area contributed by atoms with Gasteiger partial charge in [-0.05, 0) is 18.1 Å². The lowest BCUT2D eigenvalue weighted by Gasteiger charge is -2.32. The van der Waals surface area contributed by atoms with Crippen LogP contribution in [0.3, 0.4) is 0 Å². The van der Waals surface area contributed by atoms with Crippen LogP contribution in [-0.2, 0) is 30.3 Å². The molecule has 5 nitrogen and oxygen atoms in total. The Bertz CT molecular complexity index is 573. The molecule has 0 bridgehead atoms. The molecule has 6 heteroatoms. The van der Waals surface area contributed by atoms with Crippen LogP contribution < -0.4 is 0 Å². The molecule has 1 fully saturated rings. The van der Waals surface area contributed by atoms with Crippen molar-refractivity contribution in [3.05, 3.63) is 34.3 Å². The van der Waals surface area contributed by atoms with E-state index < -0.39 is 29.4 Å². The molecule has 2 rings (SSSR count). The van der Waals surface area contributed by atoms with E-state index in [2.05, 4.69) is 15.9 Å². The van der Waals surface area contributed by atoms with E-state index in [0.29, 0.717) is 6.42 Å². The Morgan fingerprint density at radius 1 is 1.19 bits per heavy atom. The van der Waals surface area contributed by atoms with Gasteiger partial charge in [-0.25, -0.2) is 0 Å². The molecule has 1 heterocycles. The second kappa shape index (κ2) is 5.97. The number of aryl methyl sites for hydroxylation is 1. The number of carbonyl (C=O) groups excluding carboxylic acids is 3. The first-order valence-electron chi connectivity index (χ1n) is 6.52. The summed E-state index contributed by atoms with van der Waals surface area (Å²) in [5.41, 5.74) is 0.934. The van der Waals surface area contributed by atoms with E-state index in [4.69, 9.17) is 9.47 Å². The molecule has 1 aliphatic heterocycles. The second-order valence-electron chi connectivity index (χ2n) is 5.23. The van der Waals surface area contributed by atoms with Crippen molar-refractivity contribution in [2.24, 2.45) is 5.92 Å². The third kappa shape index (κ3) is 3.69. The van der Waals surface area contributed by atoms with Crippen LogP contribution in [0.15, 0.2) is 28.7 Å². The van der Waals surface area contributed by atoms with E-state index in [1.807, 2.05) is 24.3 Å². The number of ketones is 1. The van der Waals surface area contributed by atoms with E-state index >= 15 is 0 Å². The Morgan fingerprint density at radius 3 is 2.33 bits per heavy atom. The second-order valence-corrected chi connectivity index (χ2v) is 6.09. The minimum atomic E-state index is -1.47. The van der Waals surface area contributed by atoms with Crippen LogP contribution in [-0.4, -0.2) is 23.5 Å². The Balaban J connectivity index is 2.02. The first-order chi connectivity index (χ1) is 9.80. The average Bonchev–Trinajstić information content (AvgIpc) is 2.35. The maximum atomic E-state index is 12.1. The fourth-order valence-corrected chi connectivity index (χ4v) is 2.57. The molecule has 21 heavy (non-hydrogen) atoms. The highest BCUT2D eigenvalue weighted by Gasteiger charge is 2.46. The zero-order valence-corrected chi connectivity index (χ0v) is 13.3. The fourth-order valence-electron chi connectivity index (χ4n) is 2.09. The summed E-state index contributed by atoms with van der Waals surface area (Å²) in [6.07, 6.45) is 0.499. The van der Waals surface area contributed by atoms with E-state index in [9.17, 15) is 14.4 Å². The number of hydrogen-bond acceptors (Lipinski definition) is 5. The standard InChI is InChI=1S/C15H15BrO5/c1-15(2)20-13(18)12(14(19)21-15)11(17)8-7-9-5-3-4-6-10(9)16/h3-6,12H,7-8H2,1-2H3. The normalized spacial score (nSPS) is 18.0. The lowest BCUT2D eigenvalue weighted by Crippen LogP contribution is -2.49. The van der Waals surface area contributed by atoms with Crippen LogP contribution in [0.4, 0.5) is 0 Å². The summed E-state index contributed by atoms with van der Waals surface area (Å²) in [6.45, 7) is 2.90. The predicted molar refractivity (Wildman–Crippen MR) is 77.2 cm³/mol. The first kappa shape index (κ1) is 15.7. The van der Waals surface area contributed by atoms with Gasteiger partial charge in [0.15, 0.2) is 5.78 Å². The van der Waals surface area contributed by atoms with Crippen LogP contribution in [0.1, 0.15) is 25.8 Å². The van der Waals surface area contributed by atoms with Gasteiger partial charge < -0.3 is 9.47 Å². The molecule has 0 amide bonds. The van der Waals surface area contributed by atoms with Crippen molar-refractivity contribution >= 4 is 33.7 Å². The topological polar surface area (TPSA) is 69.7 Å². The maximum absolute atomic E-state index is 12.1. The molecule has 0 N–H and O–H groups in total. The molecular formula is C15H15BrO5. The summed E-state index contributed by atoms with van der Waals surface area (Å²) < 4.78 is 10.8. The largest absolute Gasteiger partial charge is 0.422 e. The van der Waals surface area contributed by atoms with Crippen LogP contribution in [0, 0.1) is 5.92 Å². The highest BCUT2D eigenvalue weighted by molar-refractivity contribution is 9.10. The Hall–Kier alpha value is -1.69. The van der Waals surface area contributed by atoms with Gasteiger partial charge in [0.2, 0.25) is 5.92 Å². The summed E-state index contributed by atoms with van der Waals surface area (Å²) in [4.78, 5) is 35.7. The van der Waals surface area contributed by atoms with Gasteiger partial charge in [-0.1, -0.05) is 34.1 Å². The molecule has 0 unspecified atom stereocenters.